The molecule has 2 fully saturated rings. The molecule has 3 aliphatic rings. The van der Waals surface area contributed by atoms with Crippen LogP contribution in [0.5, 0.6) is 0 Å². The molecular weight excluding hydrogens is 849 g/mol. The molecule has 0 spiro atoms. The van der Waals surface area contributed by atoms with Crippen molar-refractivity contribution in [3.05, 3.63) is 114 Å². The number of hydrogen-bond acceptors (Lipinski definition) is 15. The second-order valence-electron chi connectivity index (χ2n) is 16.7. The zero-order valence-corrected chi connectivity index (χ0v) is 37.7. The maximum atomic E-state index is 12.9. The second kappa shape index (κ2) is 22.0. The summed E-state index contributed by atoms with van der Waals surface area (Å²) >= 11 is 0. The summed E-state index contributed by atoms with van der Waals surface area (Å²) in [4.78, 5) is 75.0. The van der Waals surface area contributed by atoms with Gasteiger partial charge in [-0.15, -0.1) is 0 Å². The van der Waals surface area contributed by atoms with Gasteiger partial charge in [-0.2, -0.15) is 0 Å². The molecule has 17 nitrogen and oxygen atoms in total. The van der Waals surface area contributed by atoms with Crippen LogP contribution in [0.15, 0.2) is 91.4 Å². The number of benzene rings is 3. The third-order valence-electron chi connectivity index (χ3n) is 12.1. The minimum atomic E-state index is -1.15. The lowest BCUT2D eigenvalue weighted by Crippen LogP contribution is -2.59. The molecule has 5 atom stereocenters. The van der Waals surface area contributed by atoms with Gasteiger partial charge in [-0.25, -0.2) is 20.3 Å². The first kappa shape index (κ1) is 47.3. The smallest absolute Gasteiger partial charge is 0.303 e. The molecule has 17 heteroatoms. The van der Waals surface area contributed by atoms with Crippen LogP contribution in [-0.4, -0.2) is 102 Å². The molecule has 8 rings (SSSR count). The quantitative estimate of drug-likeness (QED) is 0.0566. The van der Waals surface area contributed by atoms with Crippen LogP contribution < -0.4 is 15.7 Å². The molecule has 0 saturated carbocycles. The van der Waals surface area contributed by atoms with Crippen LogP contribution in [0, 0.1) is 11.8 Å². The highest BCUT2D eigenvalue weighted by atomic mass is 16.8. The van der Waals surface area contributed by atoms with Crippen LogP contribution in [0.3, 0.4) is 0 Å². The summed E-state index contributed by atoms with van der Waals surface area (Å²) in [5.74, 6) is -1.92. The monoisotopic (exact) mass is 906 g/mol. The fraction of sp³-hybridized carbons (Fsp3) is 0.408. The molecule has 5 aromatic rings. The van der Waals surface area contributed by atoms with E-state index in [9.17, 15) is 24.0 Å². The topological polar surface area (TPSA) is 199 Å². The van der Waals surface area contributed by atoms with E-state index in [-0.39, 0.29) is 19.5 Å². The summed E-state index contributed by atoms with van der Waals surface area (Å²) in [6.07, 6.45) is 2.74. The Bertz CT molecular complexity index is 2450. The third-order valence-corrected chi connectivity index (χ3v) is 12.1. The van der Waals surface area contributed by atoms with Crippen LogP contribution in [0.25, 0.3) is 22.0 Å². The molecule has 350 valence electrons. The van der Waals surface area contributed by atoms with E-state index in [1.165, 1.54) is 71.9 Å². The number of esters is 3. The van der Waals surface area contributed by atoms with E-state index in [1.54, 1.807) is 6.92 Å². The van der Waals surface area contributed by atoms with E-state index in [1.807, 2.05) is 24.3 Å². The molecule has 0 radical (unpaired) electrons. The molecule has 2 aliphatic heterocycles. The Morgan fingerprint density at radius 1 is 0.833 bits per heavy atom. The lowest BCUT2D eigenvalue weighted by Gasteiger charge is -2.43. The van der Waals surface area contributed by atoms with Gasteiger partial charge in [-0.1, -0.05) is 73.7 Å². The van der Waals surface area contributed by atoms with E-state index < -0.39 is 54.3 Å². The maximum absolute atomic E-state index is 12.9. The maximum Gasteiger partial charge on any atom is 0.303 e. The van der Waals surface area contributed by atoms with Crippen LogP contribution in [0.2, 0.25) is 0 Å². The first-order valence-electron chi connectivity index (χ1n) is 22.0. The van der Waals surface area contributed by atoms with E-state index in [2.05, 4.69) is 92.0 Å². The molecular formula is C49H58N6O11. The molecule has 2 saturated heterocycles. The number of nitrogens with zero attached hydrogens (tertiary/aromatic N) is 4. The van der Waals surface area contributed by atoms with Gasteiger partial charge in [-0.3, -0.25) is 24.0 Å². The van der Waals surface area contributed by atoms with Gasteiger partial charge in [0.1, 0.15) is 25.4 Å². The van der Waals surface area contributed by atoms with Crippen molar-refractivity contribution in [3.63, 3.8) is 0 Å². The van der Waals surface area contributed by atoms with Gasteiger partial charge in [0, 0.05) is 84.3 Å². The number of fused-ring (bicyclic) bond motifs is 4. The second-order valence-corrected chi connectivity index (χ2v) is 16.7. The number of ether oxygens (including phenoxy) is 5. The Morgan fingerprint density at radius 3 is 2.09 bits per heavy atom. The average Bonchev–Trinajstić information content (AvgIpc) is 3.82. The van der Waals surface area contributed by atoms with Crippen LogP contribution in [0.4, 0.5) is 5.95 Å². The first-order chi connectivity index (χ1) is 31.9. The van der Waals surface area contributed by atoms with Gasteiger partial charge in [0.25, 0.3) is 12.4 Å². The molecule has 3 aromatic carbocycles. The van der Waals surface area contributed by atoms with Gasteiger partial charge < -0.3 is 38.5 Å². The number of para-hydroxylation sites is 1. The van der Waals surface area contributed by atoms with Crippen molar-refractivity contribution in [2.24, 2.45) is 18.9 Å². The van der Waals surface area contributed by atoms with E-state index in [4.69, 9.17) is 28.5 Å². The van der Waals surface area contributed by atoms with Crippen molar-refractivity contribution in [2.45, 2.75) is 77.6 Å². The van der Waals surface area contributed by atoms with Crippen LogP contribution in [0.1, 0.15) is 74.9 Å². The SMILES string of the molecule is CC(=O)OC[C@H]1O[C@@H](ONC(=O)c2cnc(N3CCC(CNCc4cn(C)c5ccccc45)CC3)nc2)[C@H](C)[C@@H](OC(C)=O)[C@H]1OC(C)=O.O=COCC1c2ccccc2-c2ccccc21.[HH]. The van der Waals surface area contributed by atoms with E-state index in [0.717, 1.165) is 39.0 Å². The molecule has 0 bridgehead atoms. The zero-order chi connectivity index (χ0) is 46.7. The lowest BCUT2D eigenvalue weighted by atomic mass is 9.92. The molecule has 2 N–H and O–H groups in total. The highest BCUT2D eigenvalue weighted by Gasteiger charge is 2.49. The zero-order valence-electron chi connectivity index (χ0n) is 37.7. The highest BCUT2D eigenvalue weighted by Crippen LogP contribution is 2.44. The van der Waals surface area contributed by atoms with E-state index in [0.29, 0.717) is 24.9 Å². The van der Waals surface area contributed by atoms with Crippen molar-refractivity contribution < 1.29 is 53.9 Å². The largest absolute Gasteiger partial charge is 0.467 e. The number of hydrogen-bond donors (Lipinski definition) is 2. The minimum Gasteiger partial charge on any atom is -0.467 e. The molecule has 1 aliphatic carbocycles. The van der Waals surface area contributed by atoms with Crippen LogP contribution >= 0.6 is 0 Å². The van der Waals surface area contributed by atoms with E-state index >= 15 is 0 Å². The van der Waals surface area contributed by atoms with Gasteiger partial charge in [0.2, 0.25) is 5.95 Å². The molecule has 4 heterocycles. The minimum absolute atomic E-state index is 0. The van der Waals surface area contributed by atoms with Crippen molar-refractivity contribution in [1.82, 2.24) is 25.3 Å². The van der Waals surface area contributed by atoms with Gasteiger partial charge in [0.05, 0.1) is 11.5 Å². The number of carbonyl (C=O) groups is 5. The molecule has 1 amide bonds. The fourth-order valence-corrected chi connectivity index (χ4v) is 8.87. The number of carbonyl (C=O) groups excluding carboxylic acids is 5. The molecule has 0 unspecified atom stereocenters. The Morgan fingerprint density at radius 2 is 1.45 bits per heavy atom. The standard InChI is InChI=1S/C34H44N6O9.C15H12O2.H2/c1-20-30(46-22(3)42)31(47-23(4)43)29(19-45-21(2)41)48-33(20)49-38-32(44)25-16-36-34(37-17-25)40-12-10-24(11-13-40)14-35-15-26-18-39(5)28-9-7-6-8-27(26)28;16-10-17-9-15-13-7-3-1-5-11(13)12-6-2-4-8-14(12)15;/h6-9,16-18,20,24,29-31,33,35H,10-15,19H2,1-5H3,(H,38,44);1-8,10,15H,9H2;1H/t20-,29-,30-,31+,33+;;/m1../s1. The number of nitrogens with one attached hydrogen (secondary N) is 2. The summed E-state index contributed by atoms with van der Waals surface area (Å²) in [6.45, 7) is 9.25. The Kier molecular flexibility index (Phi) is 15.8. The van der Waals surface area contributed by atoms with Crippen molar-refractivity contribution in [2.75, 3.05) is 37.7 Å². The predicted octanol–water partition coefficient (Wildman–Crippen LogP) is 5.64. The van der Waals surface area contributed by atoms with Crippen molar-refractivity contribution in [1.29, 1.82) is 0 Å². The summed E-state index contributed by atoms with van der Waals surface area (Å²) in [6, 6.07) is 25.0. The fourth-order valence-electron chi connectivity index (χ4n) is 8.87. The first-order valence-corrected chi connectivity index (χ1v) is 22.0. The highest BCUT2D eigenvalue weighted by molar-refractivity contribution is 5.93. The lowest BCUT2D eigenvalue weighted by molar-refractivity contribution is -0.298. The summed E-state index contributed by atoms with van der Waals surface area (Å²) in [5, 5.41) is 4.91. The summed E-state index contributed by atoms with van der Waals surface area (Å²) in [7, 11) is 2.07. The number of amides is 1. The summed E-state index contributed by atoms with van der Waals surface area (Å²) in [5.41, 5.74) is 10.0. The number of anilines is 1. The number of aromatic nitrogens is 3. The number of rotatable bonds is 15. The summed E-state index contributed by atoms with van der Waals surface area (Å²) < 4.78 is 28.9. The molecule has 66 heavy (non-hydrogen) atoms. The van der Waals surface area contributed by atoms with Gasteiger partial charge >= 0.3 is 17.9 Å². The average molecular weight is 907 g/mol. The molecule has 2 aromatic heterocycles. The van der Waals surface area contributed by atoms with Crippen molar-refractivity contribution in [3.8, 4) is 11.1 Å². The Labute approximate surface area is 384 Å². The van der Waals surface area contributed by atoms with Gasteiger partial charge in [-0.05, 0) is 59.2 Å². The third kappa shape index (κ3) is 11.4. The van der Waals surface area contributed by atoms with Gasteiger partial charge in [0.15, 0.2) is 12.4 Å². The van der Waals surface area contributed by atoms with Crippen LogP contribution in [-0.2, 0) is 61.3 Å². The number of aryl methyl sites for hydroxylation is 1. The predicted molar refractivity (Wildman–Crippen MR) is 244 cm³/mol. The Balaban J connectivity index is 0.000000342. The number of piperidine rings is 1. The Hall–Kier alpha value is -6.69. The normalized spacial score (nSPS) is 20.3. The number of hydroxylamine groups is 1. The van der Waals surface area contributed by atoms with Crippen molar-refractivity contribution >= 4 is 47.1 Å².